The van der Waals surface area contributed by atoms with E-state index in [0.29, 0.717) is 23.1 Å². The number of hydrogen-bond donors (Lipinski definition) is 1. The Labute approximate surface area is 117 Å². The summed E-state index contributed by atoms with van der Waals surface area (Å²) in [5.41, 5.74) is 0.754. The van der Waals surface area contributed by atoms with E-state index < -0.39 is 0 Å². The molecule has 1 N–H and O–H groups in total. The number of halogens is 1. The SMILES string of the molecule is CCOc1ccc(Oc2ccc(CO)cc2Cl)cc1. The fourth-order valence-corrected chi connectivity index (χ4v) is 1.86. The molecule has 4 heteroatoms. The monoisotopic (exact) mass is 278 g/mol. The summed E-state index contributed by atoms with van der Waals surface area (Å²) in [6.07, 6.45) is 0. The van der Waals surface area contributed by atoms with Crippen molar-refractivity contribution in [2.75, 3.05) is 6.61 Å². The average molecular weight is 279 g/mol. The Morgan fingerprint density at radius 3 is 2.32 bits per heavy atom. The molecule has 2 aromatic carbocycles. The second-order valence-electron chi connectivity index (χ2n) is 3.93. The first-order valence-electron chi connectivity index (χ1n) is 6.03. The topological polar surface area (TPSA) is 38.7 Å². The van der Waals surface area contributed by atoms with Crippen LogP contribution >= 0.6 is 11.6 Å². The number of aliphatic hydroxyl groups is 1. The van der Waals surface area contributed by atoms with Crippen molar-refractivity contribution in [1.29, 1.82) is 0 Å². The minimum Gasteiger partial charge on any atom is -0.494 e. The van der Waals surface area contributed by atoms with Crippen LogP contribution in [0.1, 0.15) is 12.5 Å². The van der Waals surface area contributed by atoms with Crippen molar-refractivity contribution in [3.05, 3.63) is 53.1 Å². The maximum Gasteiger partial charge on any atom is 0.146 e. The third-order valence-corrected chi connectivity index (χ3v) is 2.84. The molecule has 0 aromatic heterocycles. The van der Waals surface area contributed by atoms with Gasteiger partial charge >= 0.3 is 0 Å². The molecule has 0 spiro atoms. The van der Waals surface area contributed by atoms with Crippen LogP contribution in [-0.2, 0) is 6.61 Å². The predicted octanol–water partition coefficient (Wildman–Crippen LogP) is 4.02. The first kappa shape index (κ1) is 13.7. The summed E-state index contributed by atoms with van der Waals surface area (Å²) in [5.74, 6) is 2.04. The molecule has 0 saturated carbocycles. The molecule has 2 aromatic rings. The zero-order valence-electron chi connectivity index (χ0n) is 10.6. The van der Waals surface area contributed by atoms with Gasteiger partial charge in [0.25, 0.3) is 0 Å². The van der Waals surface area contributed by atoms with Gasteiger partial charge in [0, 0.05) is 0 Å². The zero-order valence-corrected chi connectivity index (χ0v) is 11.4. The van der Waals surface area contributed by atoms with Crippen LogP contribution in [0.4, 0.5) is 0 Å². The van der Waals surface area contributed by atoms with Gasteiger partial charge in [-0.15, -0.1) is 0 Å². The largest absolute Gasteiger partial charge is 0.494 e. The molecular formula is C15H15ClO3. The summed E-state index contributed by atoms with van der Waals surface area (Å²) < 4.78 is 11.0. The molecule has 0 fully saturated rings. The molecule has 3 nitrogen and oxygen atoms in total. The Morgan fingerprint density at radius 1 is 1.05 bits per heavy atom. The lowest BCUT2D eigenvalue weighted by molar-refractivity contribution is 0.281. The second-order valence-corrected chi connectivity index (χ2v) is 4.34. The van der Waals surface area contributed by atoms with E-state index in [2.05, 4.69) is 0 Å². The number of benzene rings is 2. The number of ether oxygens (including phenoxy) is 2. The molecule has 0 aliphatic heterocycles. The van der Waals surface area contributed by atoms with Gasteiger partial charge in [-0.3, -0.25) is 0 Å². The first-order chi connectivity index (χ1) is 9.22. The van der Waals surface area contributed by atoms with Crippen molar-refractivity contribution in [2.24, 2.45) is 0 Å². The lowest BCUT2D eigenvalue weighted by Gasteiger charge is -2.09. The summed E-state index contributed by atoms with van der Waals surface area (Å²) in [7, 11) is 0. The van der Waals surface area contributed by atoms with Gasteiger partial charge < -0.3 is 14.6 Å². The van der Waals surface area contributed by atoms with Gasteiger partial charge in [0.15, 0.2) is 0 Å². The molecule has 0 saturated heterocycles. The van der Waals surface area contributed by atoms with E-state index in [1.165, 1.54) is 0 Å². The van der Waals surface area contributed by atoms with Crippen LogP contribution in [0.3, 0.4) is 0 Å². The van der Waals surface area contributed by atoms with Gasteiger partial charge in [0.1, 0.15) is 17.2 Å². The van der Waals surface area contributed by atoms with Crippen LogP contribution in [0, 0.1) is 0 Å². The quantitative estimate of drug-likeness (QED) is 0.898. The van der Waals surface area contributed by atoms with Gasteiger partial charge in [-0.2, -0.15) is 0 Å². The minimum absolute atomic E-state index is 0.0386. The maximum atomic E-state index is 9.01. The summed E-state index contributed by atoms with van der Waals surface area (Å²) >= 11 is 6.08. The van der Waals surface area contributed by atoms with Crippen LogP contribution in [0.2, 0.25) is 5.02 Å². The molecule has 0 unspecified atom stereocenters. The van der Waals surface area contributed by atoms with E-state index in [9.17, 15) is 0 Å². The third kappa shape index (κ3) is 3.63. The molecular weight excluding hydrogens is 264 g/mol. The van der Waals surface area contributed by atoms with Crippen LogP contribution in [0.15, 0.2) is 42.5 Å². The zero-order chi connectivity index (χ0) is 13.7. The fourth-order valence-electron chi connectivity index (χ4n) is 1.62. The Balaban J connectivity index is 2.12. The molecule has 0 aliphatic rings. The van der Waals surface area contributed by atoms with E-state index >= 15 is 0 Å². The summed E-state index contributed by atoms with van der Waals surface area (Å²) in [6, 6.07) is 12.5. The van der Waals surface area contributed by atoms with Crippen molar-refractivity contribution in [2.45, 2.75) is 13.5 Å². The lowest BCUT2D eigenvalue weighted by Crippen LogP contribution is -1.91. The minimum atomic E-state index is -0.0386. The van der Waals surface area contributed by atoms with Crippen molar-refractivity contribution < 1.29 is 14.6 Å². The number of hydrogen-bond acceptors (Lipinski definition) is 3. The van der Waals surface area contributed by atoms with E-state index in [1.54, 1.807) is 18.2 Å². The van der Waals surface area contributed by atoms with Crippen molar-refractivity contribution in [3.8, 4) is 17.2 Å². The fraction of sp³-hybridized carbons (Fsp3) is 0.200. The summed E-state index contributed by atoms with van der Waals surface area (Å²) in [4.78, 5) is 0. The highest BCUT2D eigenvalue weighted by Crippen LogP contribution is 2.30. The third-order valence-electron chi connectivity index (χ3n) is 2.54. The van der Waals surface area contributed by atoms with Crippen LogP contribution in [0.5, 0.6) is 17.2 Å². The lowest BCUT2D eigenvalue weighted by atomic mass is 10.2. The smallest absolute Gasteiger partial charge is 0.146 e. The van der Waals surface area contributed by atoms with Crippen molar-refractivity contribution in [1.82, 2.24) is 0 Å². The highest BCUT2D eigenvalue weighted by molar-refractivity contribution is 6.32. The molecule has 0 aliphatic carbocycles. The summed E-state index contributed by atoms with van der Waals surface area (Å²) in [6.45, 7) is 2.53. The van der Waals surface area contributed by atoms with E-state index in [0.717, 1.165) is 11.3 Å². The van der Waals surface area contributed by atoms with E-state index in [-0.39, 0.29) is 6.61 Å². The van der Waals surface area contributed by atoms with Gasteiger partial charge in [0.2, 0.25) is 0 Å². The maximum absolute atomic E-state index is 9.01. The molecule has 0 atom stereocenters. The Hall–Kier alpha value is -1.71. The molecule has 0 amide bonds. The van der Waals surface area contributed by atoms with E-state index in [4.69, 9.17) is 26.2 Å². The Morgan fingerprint density at radius 2 is 1.74 bits per heavy atom. The normalized spacial score (nSPS) is 10.3. The van der Waals surface area contributed by atoms with E-state index in [1.807, 2.05) is 31.2 Å². The van der Waals surface area contributed by atoms with Crippen LogP contribution < -0.4 is 9.47 Å². The highest BCUT2D eigenvalue weighted by Gasteiger charge is 2.04. The molecule has 0 heterocycles. The molecule has 19 heavy (non-hydrogen) atoms. The molecule has 0 bridgehead atoms. The predicted molar refractivity (Wildman–Crippen MR) is 75.1 cm³/mol. The highest BCUT2D eigenvalue weighted by atomic mass is 35.5. The summed E-state index contributed by atoms with van der Waals surface area (Å²) in [5, 5.41) is 9.48. The number of rotatable bonds is 5. The van der Waals surface area contributed by atoms with Gasteiger partial charge in [-0.25, -0.2) is 0 Å². The van der Waals surface area contributed by atoms with Gasteiger partial charge in [-0.05, 0) is 48.9 Å². The molecule has 100 valence electrons. The Kier molecular flexibility index (Phi) is 4.66. The average Bonchev–Trinajstić information content (AvgIpc) is 2.43. The van der Waals surface area contributed by atoms with Crippen LogP contribution in [-0.4, -0.2) is 11.7 Å². The second kappa shape index (κ2) is 6.45. The molecule has 0 radical (unpaired) electrons. The van der Waals surface area contributed by atoms with Crippen molar-refractivity contribution in [3.63, 3.8) is 0 Å². The Bertz CT molecular complexity index is 538. The standard InChI is InChI=1S/C15H15ClO3/c1-2-18-12-4-6-13(7-5-12)19-15-8-3-11(10-17)9-14(15)16/h3-9,17H,2,10H2,1H3. The number of aliphatic hydroxyl groups excluding tert-OH is 1. The van der Waals surface area contributed by atoms with Gasteiger partial charge in [-0.1, -0.05) is 17.7 Å². The van der Waals surface area contributed by atoms with Crippen molar-refractivity contribution >= 4 is 11.6 Å². The first-order valence-corrected chi connectivity index (χ1v) is 6.40. The van der Waals surface area contributed by atoms with Gasteiger partial charge in [0.05, 0.1) is 18.2 Å². The molecule has 2 rings (SSSR count). The van der Waals surface area contributed by atoms with Crippen LogP contribution in [0.25, 0.3) is 0 Å².